The highest BCUT2D eigenvalue weighted by molar-refractivity contribution is 8.00. The van der Waals surface area contributed by atoms with Crippen LogP contribution >= 0.6 is 11.8 Å². The van der Waals surface area contributed by atoms with E-state index in [2.05, 4.69) is 88.0 Å². The molecule has 1 N–H and O–H groups in total. The van der Waals surface area contributed by atoms with Crippen LogP contribution in [0.1, 0.15) is 59.8 Å². The molecule has 6 aromatic rings. The first kappa shape index (κ1) is 41.7. The van der Waals surface area contributed by atoms with Gasteiger partial charge < -0.3 is 19.7 Å². The molecule has 7 rings (SSSR count). The molecular weight excluding hydrogens is 753 g/mol. The van der Waals surface area contributed by atoms with Crippen molar-refractivity contribution in [2.24, 2.45) is 0 Å². The smallest absolute Gasteiger partial charge is 0.407 e. The van der Waals surface area contributed by atoms with Gasteiger partial charge in [-0.1, -0.05) is 133 Å². The minimum absolute atomic E-state index is 0.0216. The number of ether oxygens (including phenoxy) is 2. The highest BCUT2D eigenvalue weighted by Gasteiger charge is 2.39. The number of amides is 2. The zero-order chi connectivity index (χ0) is 41.1. The average Bonchev–Trinajstić information content (AvgIpc) is 3.26. The number of hydrogen-bond acceptors (Lipinski definition) is 7. The topological polar surface area (TPSA) is 84.0 Å². The van der Waals surface area contributed by atoms with E-state index in [4.69, 9.17) is 9.47 Å². The van der Waals surface area contributed by atoms with E-state index in [1.165, 1.54) is 0 Å². The zero-order valence-electron chi connectivity index (χ0n) is 34.2. The van der Waals surface area contributed by atoms with Gasteiger partial charge in [-0.15, -0.1) is 11.8 Å². The van der Waals surface area contributed by atoms with Crippen molar-refractivity contribution in [1.29, 1.82) is 0 Å². The minimum atomic E-state index is -0.661. The van der Waals surface area contributed by atoms with Gasteiger partial charge in [0.15, 0.2) is 0 Å². The van der Waals surface area contributed by atoms with E-state index in [1.807, 2.05) is 116 Å². The van der Waals surface area contributed by atoms with Gasteiger partial charge in [0.1, 0.15) is 5.60 Å². The first-order chi connectivity index (χ1) is 28.7. The number of thioether (sulfide) groups is 1. The zero-order valence-corrected chi connectivity index (χ0v) is 35.0. The van der Waals surface area contributed by atoms with E-state index in [0.29, 0.717) is 57.1 Å². The Morgan fingerprint density at radius 3 is 2.03 bits per heavy atom. The molecular formula is C50H54N4O4S. The Morgan fingerprint density at radius 1 is 0.780 bits per heavy atom. The fraction of sp³-hybridized carbons (Fsp3) is 0.300. The number of fused-ring (bicyclic) bond motifs is 1. The van der Waals surface area contributed by atoms with Gasteiger partial charge in [0, 0.05) is 62.5 Å². The summed E-state index contributed by atoms with van der Waals surface area (Å²) in [4.78, 5) is 36.6. The summed E-state index contributed by atoms with van der Waals surface area (Å²) in [5.74, 6) is 0.609. The van der Waals surface area contributed by atoms with E-state index in [9.17, 15) is 9.59 Å². The number of hydrogen-bond donors (Lipinski definition) is 1. The first-order valence-electron chi connectivity index (χ1n) is 20.5. The van der Waals surface area contributed by atoms with Crippen LogP contribution in [0.4, 0.5) is 4.79 Å². The molecule has 1 aliphatic heterocycles. The summed E-state index contributed by atoms with van der Waals surface area (Å²) >= 11 is 1.82. The van der Waals surface area contributed by atoms with E-state index < -0.39 is 16.4 Å². The fourth-order valence-electron chi connectivity index (χ4n) is 7.96. The quantitative estimate of drug-likeness (QED) is 0.0818. The molecule has 1 aliphatic rings. The Bertz CT molecular complexity index is 2150. The van der Waals surface area contributed by atoms with Gasteiger partial charge in [-0.3, -0.25) is 14.7 Å². The van der Waals surface area contributed by atoms with Crippen LogP contribution in [-0.2, 0) is 20.8 Å². The summed E-state index contributed by atoms with van der Waals surface area (Å²) in [5.41, 5.74) is 4.53. The largest absolute Gasteiger partial charge is 0.444 e. The van der Waals surface area contributed by atoms with Gasteiger partial charge in [-0.25, -0.2) is 4.79 Å². The number of alkyl carbamates (subject to hydrolysis) is 1. The Balaban J connectivity index is 1.18. The molecule has 304 valence electrons. The number of rotatable bonds is 15. The molecule has 0 aliphatic carbocycles. The monoisotopic (exact) mass is 806 g/mol. The van der Waals surface area contributed by atoms with E-state index in [-0.39, 0.29) is 18.0 Å². The summed E-state index contributed by atoms with van der Waals surface area (Å²) in [5, 5.41) is 5.29. The molecule has 0 saturated carbocycles. The third kappa shape index (κ3) is 10.6. The first-order valence-corrected chi connectivity index (χ1v) is 21.5. The number of nitrogens with zero attached hydrogens (tertiary/aromatic N) is 3. The van der Waals surface area contributed by atoms with Crippen LogP contribution < -0.4 is 5.32 Å². The van der Waals surface area contributed by atoms with Crippen molar-refractivity contribution in [2.45, 2.75) is 56.2 Å². The van der Waals surface area contributed by atoms with Crippen LogP contribution in [0.3, 0.4) is 0 Å². The molecule has 0 bridgehead atoms. The molecule has 1 aromatic heterocycles. The number of aromatic nitrogens is 1. The van der Waals surface area contributed by atoms with Gasteiger partial charge in [-0.05, 0) is 72.4 Å². The molecule has 2 heterocycles. The molecule has 8 nitrogen and oxygen atoms in total. The second kappa shape index (κ2) is 19.5. The predicted octanol–water partition coefficient (Wildman–Crippen LogP) is 9.59. The van der Waals surface area contributed by atoms with Crippen molar-refractivity contribution < 1.29 is 19.1 Å². The number of pyridine rings is 1. The Kier molecular flexibility index (Phi) is 13.8. The number of carbonyl (C=O) groups excluding carboxylic acids is 2. The van der Waals surface area contributed by atoms with Gasteiger partial charge in [-0.2, -0.15) is 0 Å². The number of piperazine rings is 1. The number of nitrogens with one attached hydrogen (secondary N) is 1. The van der Waals surface area contributed by atoms with Gasteiger partial charge in [0.2, 0.25) is 0 Å². The maximum atomic E-state index is 14.3. The molecule has 0 spiro atoms. The summed E-state index contributed by atoms with van der Waals surface area (Å²) in [6, 6.07) is 49.4. The lowest BCUT2D eigenvalue weighted by molar-refractivity contribution is 0.0277. The summed E-state index contributed by atoms with van der Waals surface area (Å²) in [6.45, 7) is 8.91. The molecule has 2 amide bonds. The highest BCUT2D eigenvalue weighted by atomic mass is 32.2. The van der Waals surface area contributed by atoms with Crippen LogP contribution in [0.15, 0.2) is 158 Å². The molecule has 5 aromatic carbocycles. The Hall–Kier alpha value is -5.48. The number of benzene rings is 5. The number of carbonyl (C=O) groups is 2. The Labute approximate surface area is 353 Å². The van der Waals surface area contributed by atoms with E-state index >= 15 is 0 Å². The lowest BCUT2D eigenvalue weighted by Gasteiger charge is -2.43. The predicted molar refractivity (Wildman–Crippen MR) is 239 cm³/mol. The summed E-state index contributed by atoms with van der Waals surface area (Å²) < 4.78 is 11.5. The lowest BCUT2D eigenvalue weighted by Crippen LogP contribution is -2.58. The average molecular weight is 807 g/mol. The van der Waals surface area contributed by atoms with Crippen LogP contribution in [0.5, 0.6) is 0 Å². The van der Waals surface area contributed by atoms with Crippen molar-refractivity contribution in [3.63, 3.8) is 0 Å². The lowest BCUT2D eigenvalue weighted by atomic mass is 9.84. The Morgan fingerprint density at radius 2 is 1.41 bits per heavy atom. The highest BCUT2D eigenvalue weighted by Crippen LogP contribution is 2.48. The van der Waals surface area contributed by atoms with Crippen LogP contribution in [0.2, 0.25) is 0 Å². The van der Waals surface area contributed by atoms with E-state index in [1.54, 1.807) is 6.20 Å². The maximum Gasteiger partial charge on any atom is 0.407 e. The normalized spacial score (nSPS) is 15.4. The van der Waals surface area contributed by atoms with Crippen molar-refractivity contribution in [1.82, 2.24) is 20.1 Å². The second-order valence-corrected chi connectivity index (χ2v) is 17.3. The second-order valence-electron chi connectivity index (χ2n) is 16.1. The standard InChI is InChI=1S/C50H54N4O4S/c1-49(2,3)58-48(56)52-43(37-59-50(40-20-7-4-8-21-40,41-22-9-5-10-23-41)42-24-11-6-12-25-42)34-53-30-31-54(35-44(53)28-32-57-36-38-17-16-29-51-33-38)47(55)46-27-15-19-39-18-13-14-26-45(39)46/h4-27,29,33,43-44H,28,30-32,34-37H2,1-3H3,(H,52,56). The molecule has 1 fully saturated rings. The fourth-order valence-corrected chi connectivity index (χ4v) is 9.51. The molecule has 59 heavy (non-hydrogen) atoms. The van der Waals surface area contributed by atoms with Gasteiger partial charge >= 0.3 is 6.09 Å². The van der Waals surface area contributed by atoms with Crippen LogP contribution in [0, 0.1) is 0 Å². The summed E-state index contributed by atoms with van der Waals surface area (Å²) in [7, 11) is 0. The van der Waals surface area contributed by atoms with Crippen LogP contribution in [-0.4, -0.2) is 83.0 Å². The SMILES string of the molecule is CC(C)(C)OC(=O)NC(CSC(c1ccccc1)(c1ccccc1)c1ccccc1)CN1CCN(C(=O)c2cccc3ccccc23)CC1CCOCc1cccnc1. The van der Waals surface area contributed by atoms with Crippen molar-refractivity contribution in [2.75, 3.05) is 38.5 Å². The van der Waals surface area contributed by atoms with Gasteiger partial charge in [0.05, 0.1) is 17.4 Å². The van der Waals surface area contributed by atoms with Crippen LogP contribution in [0.25, 0.3) is 10.8 Å². The molecule has 0 radical (unpaired) electrons. The minimum Gasteiger partial charge on any atom is -0.444 e. The molecule has 2 atom stereocenters. The summed E-state index contributed by atoms with van der Waals surface area (Å²) in [6.07, 6.45) is 3.83. The molecule has 2 unspecified atom stereocenters. The van der Waals surface area contributed by atoms with Crippen molar-refractivity contribution >= 4 is 34.5 Å². The molecule has 1 saturated heterocycles. The third-order valence-electron chi connectivity index (χ3n) is 10.7. The third-order valence-corrected chi connectivity index (χ3v) is 12.4. The van der Waals surface area contributed by atoms with Crippen molar-refractivity contribution in [3.05, 3.63) is 186 Å². The maximum absolute atomic E-state index is 14.3. The van der Waals surface area contributed by atoms with E-state index in [0.717, 1.165) is 33.0 Å². The van der Waals surface area contributed by atoms with Crippen molar-refractivity contribution in [3.8, 4) is 0 Å². The molecule has 9 heteroatoms. The van der Waals surface area contributed by atoms with Gasteiger partial charge in [0.25, 0.3) is 5.91 Å².